The normalized spacial score (nSPS) is 15.3. The van der Waals surface area contributed by atoms with Gasteiger partial charge >= 0.3 is 0 Å². The first kappa shape index (κ1) is 14.8. The van der Waals surface area contributed by atoms with Crippen molar-refractivity contribution in [3.05, 3.63) is 58.5 Å². The zero-order valence-corrected chi connectivity index (χ0v) is 14.4. The second-order valence-corrected chi connectivity index (χ2v) is 7.73. The fraction of sp³-hybridized carbons (Fsp3) is 0.368. The van der Waals surface area contributed by atoms with Crippen LogP contribution < -0.4 is 0 Å². The summed E-state index contributed by atoms with van der Waals surface area (Å²) in [5.74, 6) is 1.35. The Balaban J connectivity index is 1.54. The third-order valence-electron chi connectivity index (χ3n) is 4.42. The summed E-state index contributed by atoms with van der Waals surface area (Å²) in [6, 6.07) is 11.0. The number of hydrogen-bond acceptors (Lipinski definition) is 4. The molecule has 4 rings (SSSR count). The molecule has 3 heterocycles. The molecule has 4 heteroatoms. The van der Waals surface area contributed by atoms with Crippen LogP contribution in [0.4, 0.5) is 0 Å². The predicted octanol–water partition coefficient (Wildman–Crippen LogP) is 4.37. The first-order valence-electron chi connectivity index (χ1n) is 8.23. The highest BCUT2D eigenvalue weighted by atomic mass is 32.1. The summed E-state index contributed by atoms with van der Waals surface area (Å²) in [5.41, 5.74) is 2.54. The van der Waals surface area contributed by atoms with Gasteiger partial charge in [-0.15, -0.1) is 11.3 Å². The Kier molecular flexibility index (Phi) is 3.87. The molecular formula is C19H21N3S. The quantitative estimate of drug-likeness (QED) is 0.716. The Morgan fingerprint density at radius 1 is 1.26 bits per heavy atom. The first-order valence-corrected chi connectivity index (χ1v) is 9.05. The molecule has 2 aromatic heterocycles. The molecule has 3 nitrogen and oxygen atoms in total. The predicted molar refractivity (Wildman–Crippen MR) is 95.8 cm³/mol. The molecule has 0 radical (unpaired) electrons. The molecule has 0 aliphatic carbocycles. The van der Waals surface area contributed by atoms with Gasteiger partial charge in [0.1, 0.15) is 5.82 Å². The van der Waals surface area contributed by atoms with Gasteiger partial charge < -0.3 is 0 Å². The lowest BCUT2D eigenvalue weighted by molar-refractivity contribution is 0.242. The summed E-state index contributed by atoms with van der Waals surface area (Å²) in [6.45, 7) is 7.34. The summed E-state index contributed by atoms with van der Waals surface area (Å²) in [5, 5.41) is 1.36. The average Bonchev–Trinajstić information content (AvgIpc) is 2.96. The van der Waals surface area contributed by atoms with E-state index in [1.807, 2.05) is 17.5 Å². The fourth-order valence-electron chi connectivity index (χ4n) is 3.12. The van der Waals surface area contributed by atoms with Crippen molar-refractivity contribution >= 4 is 21.4 Å². The van der Waals surface area contributed by atoms with Crippen molar-refractivity contribution in [2.75, 3.05) is 6.54 Å². The van der Waals surface area contributed by atoms with E-state index in [2.05, 4.69) is 54.1 Å². The number of benzene rings is 1. The van der Waals surface area contributed by atoms with Gasteiger partial charge in [0, 0.05) is 41.3 Å². The Bertz CT molecular complexity index is 805. The molecule has 1 aromatic carbocycles. The van der Waals surface area contributed by atoms with Gasteiger partial charge in [-0.2, -0.15) is 0 Å². The van der Waals surface area contributed by atoms with E-state index in [4.69, 9.17) is 4.98 Å². The second kappa shape index (κ2) is 6.02. The van der Waals surface area contributed by atoms with Crippen molar-refractivity contribution < 1.29 is 0 Å². The lowest BCUT2D eigenvalue weighted by Gasteiger charge is -2.27. The third-order valence-corrected chi connectivity index (χ3v) is 5.52. The van der Waals surface area contributed by atoms with Crippen molar-refractivity contribution in [3.8, 4) is 0 Å². The number of rotatable bonds is 3. The molecule has 0 fully saturated rings. The molecule has 0 unspecified atom stereocenters. The van der Waals surface area contributed by atoms with Crippen molar-refractivity contribution in [3.63, 3.8) is 0 Å². The van der Waals surface area contributed by atoms with Gasteiger partial charge in [-0.05, 0) is 29.5 Å². The molecular weight excluding hydrogens is 302 g/mol. The molecule has 1 aliphatic rings. The molecule has 1 aliphatic heterocycles. The van der Waals surface area contributed by atoms with Crippen LogP contribution >= 0.6 is 11.3 Å². The second-order valence-electron chi connectivity index (χ2n) is 6.57. The van der Waals surface area contributed by atoms with Gasteiger partial charge in [-0.3, -0.25) is 4.90 Å². The van der Waals surface area contributed by atoms with Crippen molar-refractivity contribution in [2.24, 2.45) is 0 Å². The zero-order valence-electron chi connectivity index (χ0n) is 13.6. The van der Waals surface area contributed by atoms with Gasteiger partial charge in [0.15, 0.2) is 0 Å². The molecule has 0 spiro atoms. The minimum Gasteiger partial charge on any atom is -0.292 e. The van der Waals surface area contributed by atoms with Crippen LogP contribution in [0, 0.1) is 0 Å². The van der Waals surface area contributed by atoms with Crippen molar-refractivity contribution in [1.82, 2.24) is 14.9 Å². The molecule has 0 amide bonds. The summed E-state index contributed by atoms with van der Waals surface area (Å²) in [6.07, 6.45) is 3.09. The van der Waals surface area contributed by atoms with Gasteiger partial charge in [0.25, 0.3) is 0 Å². The zero-order chi connectivity index (χ0) is 15.8. The van der Waals surface area contributed by atoms with E-state index in [1.165, 1.54) is 26.2 Å². The maximum atomic E-state index is 4.80. The first-order chi connectivity index (χ1) is 11.2. The van der Waals surface area contributed by atoms with Crippen LogP contribution in [0.15, 0.2) is 36.5 Å². The molecule has 118 valence electrons. The third kappa shape index (κ3) is 3.01. The Labute approximate surface area is 141 Å². The maximum absolute atomic E-state index is 4.80. The van der Waals surface area contributed by atoms with Crippen LogP contribution in [0.5, 0.6) is 0 Å². The largest absolute Gasteiger partial charge is 0.292 e. The lowest BCUT2D eigenvalue weighted by atomic mass is 10.1. The van der Waals surface area contributed by atoms with Crippen LogP contribution in [0.3, 0.4) is 0 Å². The van der Waals surface area contributed by atoms with Crippen LogP contribution in [0.2, 0.25) is 0 Å². The summed E-state index contributed by atoms with van der Waals surface area (Å²) < 4.78 is 1.38. The Hall–Kier alpha value is -1.78. The highest BCUT2D eigenvalue weighted by Crippen LogP contribution is 2.28. The lowest BCUT2D eigenvalue weighted by Crippen LogP contribution is -2.31. The molecule has 3 aromatic rings. The number of thiophene rings is 1. The minimum atomic E-state index is 0.387. The van der Waals surface area contributed by atoms with Gasteiger partial charge in [-0.1, -0.05) is 32.0 Å². The Morgan fingerprint density at radius 3 is 2.96 bits per heavy atom. The number of aromatic nitrogens is 2. The topological polar surface area (TPSA) is 29.0 Å². The molecule has 0 atom stereocenters. The highest BCUT2D eigenvalue weighted by Gasteiger charge is 2.19. The summed E-state index contributed by atoms with van der Waals surface area (Å²) >= 11 is 1.91. The molecule has 0 saturated heterocycles. The van der Waals surface area contributed by atoms with Crippen LogP contribution in [-0.4, -0.2) is 21.4 Å². The van der Waals surface area contributed by atoms with E-state index >= 15 is 0 Å². The molecule has 0 saturated carbocycles. The highest BCUT2D eigenvalue weighted by molar-refractivity contribution is 7.19. The van der Waals surface area contributed by atoms with Crippen LogP contribution in [0.25, 0.3) is 10.1 Å². The van der Waals surface area contributed by atoms with Crippen LogP contribution in [-0.2, 0) is 19.5 Å². The molecule has 0 bridgehead atoms. The van der Waals surface area contributed by atoms with Crippen LogP contribution in [0.1, 0.15) is 41.7 Å². The number of fused-ring (bicyclic) bond motifs is 2. The number of nitrogens with zero attached hydrogens (tertiary/aromatic N) is 3. The Morgan fingerprint density at radius 2 is 2.13 bits per heavy atom. The van der Waals surface area contributed by atoms with E-state index in [9.17, 15) is 0 Å². The van der Waals surface area contributed by atoms with E-state index in [-0.39, 0.29) is 0 Å². The van der Waals surface area contributed by atoms with Gasteiger partial charge in [0.2, 0.25) is 0 Å². The summed E-state index contributed by atoms with van der Waals surface area (Å²) in [4.78, 5) is 13.2. The van der Waals surface area contributed by atoms with Gasteiger partial charge in [0.05, 0.1) is 5.69 Å². The molecule has 23 heavy (non-hydrogen) atoms. The van der Waals surface area contributed by atoms with E-state index in [1.54, 1.807) is 0 Å². The minimum absolute atomic E-state index is 0.387. The standard InChI is InChI=1S/C19H21N3S/c1-13(2)19-20-10-15-7-8-22(12-17(15)21-19)11-16-9-14-5-3-4-6-18(14)23-16/h3-6,9-10,13H,7-8,11-12H2,1-2H3. The van der Waals surface area contributed by atoms with Crippen molar-refractivity contribution in [1.29, 1.82) is 0 Å². The van der Waals surface area contributed by atoms with E-state index < -0.39 is 0 Å². The maximum Gasteiger partial charge on any atom is 0.131 e. The van der Waals surface area contributed by atoms with E-state index in [0.29, 0.717) is 5.92 Å². The number of hydrogen-bond donors (Lipinski definition) is 0. The summed E-state index contributed by atoms with van der Waals surface area (Å²) in [7, 11) is 0. The fourth-order valence-corrected chi connectivity index (χ4v) is 4.23. The smallest absolute Gasteiger partial charge is 0.131 e. The monoisotopic (exact) mass is 323 g/mol. The van der Waals surface area contributed by atoms with Gasteiger partial charge in [-0.25, -0.2) is 9.97 Å². The SMILES string of the molecule is CC(C)c1ncc2c(n1)CN(Cc1cc3ccccc3s1)CC2. The molecule has 0 N–H and O–H groups in total. The van der Waals surface area contributed by atoms with Crippen molar-refractivity contribution in [2.45, 2.75) is 39.3 Å². The van der Waals surface area contributed by atoms with E-state index in [0.717, 1.165) is 31.9 Å². The average molecular weight is 323 g/mol.